The molecule has 1 heterocycles. The summed E-state index contributed by atoms with van der Waals surface area (Å²) in [7, 11) is 0. The number of rotatable bonds is 1. The topological polar surface area (TPSA) is 76.0 Å². The second-order valence-corrected chi connectivity index (χ2v) is 2.48. The zero-order valence-electron chi connectivity index (χ0n) is 7.82. The Hall–Kier alpha value is -2.30. The minimum atomic E-state index is -0.879. The van der Waals surface area contributed by atoms with E-state index in [2.05, 4.69) is 15.4 Å². The summed E-state index contributed by atoms with van der Waals surface area (Å²) in [6.45, 7) is 0. The number of aromatic carboxylic acids is 1. The van der Waals surface area contributed by atoms with Crippen molar-refractivity contribution >= 4 is 5.97 Å². The molecule has 0 bridgehead atoms. The molecule has 0 radical (unpaired) electrons. The molecule has 1 aromatic heterocycles. The molecule has 1 aromatic carbocycles. The van der Waals surface area contributed by atoms with Crippen molar-refractivity contribution in [1.29, 1.82) is 0 Å². The molecule has 2 aromatic rings. The van der Waals surface area contributed by atoms with Crippen LogP contribution in [0.25, 0.3) is 0 Å². The fourth-order valence-corrected chi connectivity index (χ4v) is 0.786. The van der Waals surface area contributed by atoms with E-state index in [9.17, 15) is 4.79 Å². The molecular weight excluding hydrogens is 194 g/mol. The third-order valence-corrected chi connectivity index (χ3v) is 1.43. The predicted octanol–water partition coefficient (Wildman–Crippen LogP) is 1.26. The first-order chi connectivity index (χ1) is 7.30. The Labute approximate surface area is 86.4 Å². The average Bonchev–Trinajstić information content (AvgIpc) is 2.33. The summed E-state index contributed by atoms with van der Waals surface area (Å²) in [5.41, 5.74) is 0.331. The highest BCUT2D eigenvalue weighted by atomic mass is 16.4. The van der Waals surface area contributed by atoms with Gasteiger partial charge in [-0.15, -0.1) is 10.2 Å². The number of nitrogens with zero attached hydrogens (tertiary/aromatic N) is 3. The maximum absolute atomic E-state index is 10.2. The Morgan fingerprint density at radius 3 is 1.87 bits per heavy atom. The number of aromatic nitrogens is 3. The van der Waals surface area contributed by atoms with Gasteiger partial charge in [-0.05, 0) is 23.4 Å². The van der Waals surface area contributed by atoms with E-state index in [0.29, 0.717) is 5.56 Å². The van der Waals surface area contributed by atoms with Crippen LogP contribution in [0.1, 0.15) is 10.4 Å². The minimum Gasteiger partial charge on any atom is -0.478 e. The van der Waals surface area contributed by atoms with Gasteiger partial charge in [-0.25, -0.2) is 4.79 Å². The molecular formula is C10H9N3O2. The van der Waals surface area contributed by atoms with E-state index >= 15 is 0 Å². The Kier molecular flexibility index (Phi) is 4.45. The van der Waals surface area contributed by atoms with Crippen molar-refractivity contribution in [3.8, 4) is 0 Å². The van der Waals surface area contributed by atoms with Gasteiger partial charge < -0.3 is 5.11 Å². The Morgan fingerprint density at radius 1 is 1.00 bits per heavy atom. The predicted molar refractivity (Wildman–Crippen MR) is 53.2 cm³/mol. The summed E-state index contributed by atoms with van der Waals surface area (Å²) < 4.78 is 0. The highest BCUT2D eigenvalue weighted by molar-refractivity contribution is 5.87. The van der Waals surface area contributed by atoms with Crippen molar-refractivity contribution < 1.29 is 9.90 Å². The van der Waals surface area contributed by atoms with Crippen LogP contribution in [0.2, 0.25) is 0 Å². The van der Waals surface area contributed by atoms with Crippen LogP contribution in [0, 0.1) is 0 Å². The second kappa shape index (κ2) is 6.20. The maximum atomic E-state index is 10.2. The van der Waals surface area contributed by atoms with Crippen LogP contribution in [-0.2, 0) is 0 Å². The van der Waals surface area contributed by atoms with E-state index in [0.717, 1.165) is 0 Å². The molecule has 0 aliphatic heterocycles. The Balaban J connectivity index is 0.000000162. The SMILES string of the molecule is O=C(O)c1ccccc1.c1cnnnc1. The van der Waals surface area contributed by atoms with E-state index in [4.69, 9.17) is 5.11 Å². The van der Waals surface area contributed by atoms with Gasteiger partial charge in [-0.2, -0.15) is 0 Å². The van der Waals surface area contributed by atoms with Gasteiger partial charge in [0.15, 0.2) is 0 Å². The lowest BCUT2D eigenvalue weighted by Crippen LogP contribution is -1.93. The smallest absolute Gasteiger partial charge is 0.335 e. The molecule has 0 amide bonds. The third kappa shape index (κ3) is 4.47. The number of hydrogen-bond donors (Lipinski definition) is 1. The number of carboxylic acid groups (broad SMARTS) is 1. The summed E-state index contributed by atoms with van der Waals surface area (Å²) in [4.78, 5) is 10.2. The molecule has 0 spiro atoms. The summed E-state index contributed by atoms with van der Waals surface area (Å²) in [5, 5.41) is 18.5. The van der Waals surface area contributed by atoms with Crippen molar-refractivity contribution in [3.05, 3.63) is 54.4 Å². The van der Waals surface area contributed by atoms with Crippen molar-refractivity contribution in [2.75, 3.05) is 0 Å². The van der Waals surface area contributed by atoms with Gasteiger partial charge in [0.25, 0.3) is 0 Å². The molecule has 5 nitrogen and oxygen atoms in total. The molecule has 0 unspecified atom stereocenters. The van der Waals surface area contributed by atoms with E-state index in [1.165, 1.54) is 0 Å². The molecule has 0 fully saturated rings. The number of carboxylic acids is 1. The summed E-state index contributed by atoms with van der Waals surface area (Å²) in [6.07, 6.45) is 3.15. The molecule has 76 valence electrons. The number of carbonyl (C=O) groups is 1. The molecule has 5 heteroatoms. The second-order valence-electron chi connectivity index (χ2n) is 2.48. The lowest BCUT2D eigenvalue weighted by atomic mass is 10.2. The number of benzene rings is 1. The minimum absolute atomic E-state index is 0.331. The van der Waals surface area contributed by atoms with E-state index in [-0.39, 0.29) is 0 Å². The van der Waals surface area contributed by atoms with Gasteiger partial charge in [-0.1, -0.05) is 18.2 Å². The van der Waals surface area contributed by atoms with Crippen LogP contribution >= 0.6 is 0 Å². The van der Waals surface area contributed by atoms with Gasteiger partial charge in [0.2, 0.25) is 0 Å². The molecule has 0 saturated carbocycles. The molecule has 0 saturated heterocycles. The van der Waals surface area contributed by atoms with Crippen molar-refractivity contribution in [1.82, 2.24) is 15.4 Å². The monoisotopic (exact) mass is 203 g/mol. The van der Waals surface area contributed by atoms with E-state index in [1.54, 1.807) is 48.8 Å². The highest BCUT2D eigenvalue weighted by Gasteiger charge is 1.96. The average molecular weight is 203 g/mol. The normalized spacial score (nSPS) is 8.53. The van der Waals surface area contributed by atoms with Crippen LogP contribution in [0.15, 0.2) is 48.8 Å². The zero-order valence-corrected chi connectivity index (χ0v) is 7.82. The summed E-state index contributed by atoms with van der Waals surface area (Å²) in [6, 6.07) is 10.0. The fraction of sp³-hybridized carbons (Fsp3) is 0. The van der Waals surface area contributed by atoms with Gasteiger partial charge in [0, 0.05) is 0 Å². The fourth-order valence-electron chi connectivity index (χ4n) is 0.786. The van der Waals surface area contributed by atoms with Crippen LogP contribution in [-0.4, -0.2) is 26.5 Å². The molecule has 2 rings (SSSR count). The molecule has 0 aliphatic carbocycles. The van der Waals surface area contributed by atoms with Gasteiger partial charge >= 0.3 is 5.97 Å². The number of hydrogen-bond acceptors (Lipinski definition) is 4. The first-order valence-electron chi connectivity index (χ1n) is 4.17. The van der Waals surface area contributed by atoms with E-state index < -0.39 is 5.97 Å². The maximum Gasteiger partial charge on any atom is 0.335 e. The first-order valence-corrected chi connectivity index (χ1v) is 4.17. The molecule has 1 N–H and O–H groups in total. The summed E-state index contributed by atoms with van der Waals surface area (Å²) >= 11 is 0. The molecule has 0 atom stereocenters. The third-order valence-electron chi connectivity index (χ3n) is 1.43. The van der Waals surface area contributed by atoms with Crippen LogP contribution in [0.3, 0.4) is 0 Å². The van der Waals surface area contributed by atoms with E-state index in [1.807, 2.05) is 0 Å². The Bertz CT molecular complexity index is 365. The van der Waals surface area contributed by atoms with Crippen molar-refractivity contribution in [3.63, 3.8) is 0 Å². The lowest BCUT2D eigenvalue weighted by Gasteiger charge is -1.88. The van der Waals surface area contributed by atoms with Gasteiger partial charge in [-0.3, -0.25) is 0 Å². The van der Waals surface area contributed by atoms with Gasteiger partial charge in [0.1, 0.15) is 0 Å². The first kappa shape index (κ1) is 10.8. The quantitative estimate of drug-likeness (QED) is 0.754. The van der Waals surface area contributed by atoms with Crippen LogP contribution in [0.4, 0.5) is 0 Å². The largest absolute Gasteiger partial charge is 0.478 e. The molecule has 0 aliphatic rings. The Morgan fingerprint density at radius 2 is 1.60 bits per heavy atom. The lowest BCUT2D eigenvalue weighted by molar-refractivity contribution is 0.0697. The van der Waals surface area contributed by atoms with Crippen molar-refractivity contribution in [2.45, 2.75) is 0 Å². The standard InChI is InChI=1S/C7H6O2.C3H3N3/c8-7(9)6-4-2-1-3-5-6;1-2-4-6-5-3-1/h1-5H,(H,8,9);1-3H. The summed E-state index contributed by atoms with van der Waals surface area (Å²) in [5.74, 6) is -0.879. The zero-order chi connectivity index (χ0) is 10.9. The van der Waals surface area contributed by atoms with Gasteiger partial charge in [0.05, 0.1) is 18.0 Å². The highest BCUT2D eigenvalue weighted by Crippen LogP contribution is 1.96. The van der Waals surface area contributed by atoms with Crippen molar-refractivity contribution in [2.24, 2.45) is 0 Å². The van der Waals surface area contributed by atoms with Crippen LogP contribution in [0.5, 0.6) is 0 Å². The molecule has 15 heavy (non-hydrogen) atoms. The van der Waals surface area contributed by atoms with Crippen LogP contribution < -0.4 is 0 Å².